The maximum Gasteiger partial charge on any atom is 0.161 e. The first-order valence-electron chi connectivity index (χ1n) is 5.71. The molecule has 0 aliphatic rings. The average Bonchev–Trinajstić information content (AvgIpc) is 2.41. The van der Waals surface area contributed by atoms with Gasteiger partial charge in [-0.1, -0.05) is 35.3 Å². The Kier molecular flexibility index (Phi) is 4.58. The minimum Gasteiger partial charge on any atom is -0.309 e. The molecular weight excluding hydrogens is 310 g/mol. The van der Waals surface area contributed by atoms with Gasteiger partial charge in [0.2, 0.25) is 0 Å². The Hall–Kier alpha value is -1.23. The predicted octanol–water partition coefficient (Wildman–Crippen LogP) is 4.72. The third kappa shape index (κ3) is 2.77. The van der Waals surface area contributed by atoms with Crippen molar-refractivity contribution in [1.82, 2.24) is 5.32 Å². The molecule has 2 aromatic carbocycles. The lowest BCUT2D eigenvalue weighted by atomic mass is 9.98. The first kappa shape index (κ1) is 15.2. The van der Waals surface area contributed by atoms with E-state index in [4.69, 9.17) is 23.2 Å². The smallest absolute Gasteiger partial charge is 0.161 e. The van der Waals surface area contributed by atoms with Crippen LogP contribution in [0.2, 0.25) is 10.0 Å². The van der Waals surface area contributed by atoms with Crippen LogP contribution in [0.3, 0.4) is 0 Å². The highest BCUT2D eigenvalue weighted by Crippen LogP contribution is 2.34. The Morgan fingerprint density at radius 1 is 0.950 bits per heavy atom. The van der Waals surface area contributed by atoms with Crippen molar-refractivity contribution in [2.75, 3.05) is 7.05 Å². The first-order valence-corrected chi connectivity index (χ1v) is 6.47. The number of halogens is 5. The minimum atomic E-state index is -1.24. The first-order chi connectivity index (χ1) is 9.45. The number of hydrogen-bond acceptors (Lipinski definition) is 1. The molecular formula is C14H10Cl2F3N. The van der Waals surface area contributed by atoms with Gasteiger partial charge in [0.1, 0.15) is 5.82 Å². The van der Waals surface area contributed by atoms with Crippen molar-refractivity contribution in [3.05, 3.63) is 69.0 Å². The van der Waals surface area contributed by atoms with Crippen LogP contribution < -0.4 is 5.32 Å². The molecule has 20 heavy (non-hydrogen) atoms. The van der Waals surface area contributed by atoms with E-state index < -0.39 is 23.5 Å². The summed E-state index contributed by atoms with van der Waals surface area (Å²) in [5, 5.41) is 3.35. The summed E-state index contributed by atoms with van der Waals surface area (Å²) >= 11 is 12.0. The van der Waals surface area contributed by atoms with Gasteiger partial charge < -0.3 is 5.32 Å². The molecule has 6 heteroatoms. The molecule has 1 nitrogen and oxygen atoms in total. The van der Waals surface area contributed by atoms with Gasteiger partial charge >= 0.3 is 0 Å². The van der Waals surface area contributed by atoms with Gasteiger partial charge in [0.15, 0.2) is 11.6 Å². The fourth-order valence-corrected chi connectivity index (χ4v) is 2.40. The van der Waals surface area contributed by atoms with Crippen LogP contribution in [-0.2, 0) is 0 Å². The van der Waals surface area contributed by atoms with Crippen molar-refractivity contribution in [1.29, 1.82) is 0 Å². The van der Waals surface area contributed by atoms with Gasteiger partial charge in [-0.05, 0) is 24.7 Å². The summed E-state index contributed by atoms with van der Waals surface area (Å²) in [6.07, 6.45) is 0. The molecule has 0 aromatic heterocycles. The van der Waals surface area contributed by atoms with Crippen molar-refractivity contribution < 1.29 is 13.2 Å². The van der Waals surface area contributed by atoms with Gasteiger partial charge in [0.25, 0.3) is 0 Å². The molecule has 0 spiro atoms. The van der Waals surface area contributed by atoms with Crippen LogP contribution in [-0.4, -0.2) is 7.05 Å². The SMILES string of the molecule is CNC(c1cc(F)c(F)cc1F)c1cccc(Cl)c1Cl. The van der Waals surface area contributed by atoms with E-state index in [-0.39, 0.29) is 10.6 Å². The fraction of sp³-hybridized carbons (Fsp3) is 0.143. The van der Waals surface area contributed by atoms with Gasteiger partial charge in [-0.15, -0.1) is 0 Å². The standard InChI is InChI=1S/C14H10Cl2F3N/c1-20-14(7-3-2-4-9(15)13(7)16)8-5-11(18)12(19)6-10(8)17/h2-6,14,20H,1H3. The monoisotopic (exact) mass is 319 g/mol. The zero-order valence-electron chi connectivity index (χ0n) is 10.4. The molecule has 0 saturated carbocycles. The third-order valence-corrected chi connectivity index (χ3v) is 3.77. The Bertz CT molecular complexity index is 647. The quantitative estimate of drug-likeness (QED) is 0.807. The molecule has 1 atom stereocenters. The normalized spacial score (nSPS) is 12.5. The van der Waals surface area contributed by atoms with Crippen LogP contribution in [0.4, 0.5) is 13.2 Å². The molecule has 0 radical (unpaired) electrons. The molecule has 1 N–H and O–H groups in total. The van der Waals surface area contributed by atoms with Gasteiger partial charge in [-0.3, -0.25) is 0 Å². The maximum absolute atomic E-state index is 13.9. The van der Waals surface area contributed by atoms with Crippen molar-refractivity contribution in [3.8, 4) is 0 Å². The Labute approximate surface area is 124 Å². The van der Waals surface area contributed by atoms with E-state index in [0.717, 1.165) is 6.07 Å². The van der Waals surface area contributed by atoms with Crippen LogP contribution >= 0.6 is 23.2 Å². The van der Waals surface area contributed by atoms with Gasteiger partial charge in [0, 0.05) is 11.6 Å². The molecule has 0 heterocycles. The summed E-state index contributed by atoms with van der Waals surface area (Å²) in [7, 11) is 1.56. The van der Waals surface area contributed by atoms with E-state index in [9.17, 15) is 13.2 Å². The van der Waals surface area contributed by atoms with E-state index >= 15 is 0 Å². The Morgan fingerprint density at radius 2 is 1.60 bits per heavy atom. The molecule has 0 bridgehead atoms. The molecule has 0 amide bonds. The highest BCUT2D eigenvalue weighted by atomic mass is 35.5. The van der Waals surface area contributed by atoms with Crippen LogP contribution in [0.5, 0.6) is 0 Å². The minimum absolute atomic E-state index is 0.0458. The molecule has 0 aliphatic heterocycles. The topological polar surface area (TPSA) is 12.0 Å². The number of rotatable bonds is 3. The van der Waals surface area contributed by atoms with Crippen molar-refractivity contribution in [2.45, 2.75) is 6.04 Å². The van der Waals surface area contributed by atoms with E-state index in [1.54, 1.807) is 25.2 Å². The van der Waals surface area contributed by atoms with Crippen molar-refractivity contribution in [2.24, 2.45) is 0 Å². The van der Waals surface area contributed by atoms with E-state index in [1.165, 1.54) is 0 Å². The molecule has 2 rings (SSSR count). The lowest BCUT2D eigenvalue weighted by molar-refractivity contribution is 0.483. The second-order valence-corrected chi connectivity index (χ2v) is 4.94. The molecule has 0 fully saturated rings. The summed E-state index contributed by atoms with van der Waals surface area (Å²) in [6, 6.07) is 5.44. The van der Waals surface area contributed by atoms with Crippen LogP contribution in [0, 0.1) is 17.5 Å². The number of benzene rings is 2. The van der Waals surface area contributed by atoms with E-state index in [2.05, 4.69) is 5.32 Å². The van der Waals surface area contributed by atoms with E-state index in [0.29, 0.717) is 16.7 Å². The van der Waals surface area contributed by atoms with Crippen LogP contribution in [0.1, 0.15) is 17.2 Å². The second kappa shape index (κ2) is 6.04. The second-order valence-electron chi connectivity index (χ2n) is 4.15. The lowest BCUT2D eigenvalue weighted by Gasteiger charge is -2.20. The summed E-state index contributed by atoms with van der Waals surface area (Å²) in [5.74, 6) is -3.22. The summed E-state index contributed by atoms with van der Waals surface area (Å²) in [4.78, 5) is 0. The van der Waals surface area contributed by atoms with Gasteiger partial charge in [-0.2, -0.15) is 0 Å². The zero-order chi connectivity index (χ0) is 14.9. The summed E-state index contributed by atoms with van der Waals surface area (Å²) in [6.45, 7) is 0. The highest BCUT2D eigenvalue weighted by molar-refractivity contribution is 6.42. The zero-order valence-corrected chi connectivity index (χ0v) is 11.9. The maximum atomic E-state index is 13.9. The third-order valence-electron chi connectivity index (χ3n) is 2.93. The summed E-state index contributed by atoms with van der Waals surface area (Å²) in [5.41, 5.74) is 0.433. The fourth-order valence-electron chi connectivity index (χ4n) is 1.98. The molecule has 0 saturated heterocycles. The van der Waals surface area contributed by atoms with Gasteiger partial charge in [0.05, 0.1) is 16.1 Å². The van der Waals surface area contributed by atoms with Crippen molar-refractivity contribution in [3.63, 3.8) is 0 Å². The lowest BCUT2D eigenvalue weighted by Crippen LogP contribution is -2.20. The Balaban J connectivity index is 2.58. The number of nitrogens with one attached hydrogen (secondary N) is 1. The largest absolute Gasteiger partial charge is 0.309 e. The number of hydrogen-bond donors (Lipinski definition) is 1. The highest BCUT2D eigenvalue weighted by Gasteiger charge is 2.22. The Morgan fingerprint density at radius 3 is 2.25 bits per heavy atom. The molecule has 106 valence electrons. The van der Waals surface area contributed by atoms with Crippen LogP contribution in [0.25, 0.3) is 0 Å². The van der Waals surface area contributed by atoms with Gasteiger partial charge in [-0.25, -0.2) is 13.2 Å². The van der Waals surface area contributed by atoms with E-state index in [1.807, 2.05) is 0 Å². The predicted molar refractivity (Wildman–Crippen MR) is 73.7 cm³/mol. The van der Waals surface area contributed by atoms with Crippen molar-refractivity contribution >= 4 is 23.2 Å². The molecule has 2 aromatic rings. The molecule has 1 unspecified atom stereocenters. The summed E-state index contributed by atoms with van der Waals surface area (Å²) < 4.78 is 40.2. The van der Waals surface area contributed by atoms with Crippen LogP contribution in [0.15, 0.2) is 30.3 Å². The molecule has 0 aliphatic carbocycles. The average molecular weight is 320 g/mol.